The second-order valence-electron chi connectivity index (χ2n) is 4.47. The number of hydrogen-bond acceptors (Lipinski definition) is 5. The molecule has 0 spiro atoms. The van der Waals surface area contributed by atoms with Gasteiger partial charge in [-0.2, -0.15) is 0 Å². The lowest BCUT2D eigenvalue weighted by Crippen LogP contribution is -2.44. The Kier molecular flexibility index (Phi) is 3.46. The molecule has 0 aliphatic carbocycles. The Morgan fingerprint density at radius 2 is 2.11 bits per heavy atom. The van der Waals surface area contributed by atoms with Gasteiger partial charge in [0.15, 0.2) is 0 Å². The number of benzene rings is 1. The van der Waals surface area contributed by atoms with Gasteiger partial charge < -0.3 is 10.5 Å². The van der Waals surface area contributed by atoms with E-state index < -0.39 is 6.04 Å². The number of rotatable bonds is 3. The van der Waals surface area contributed by atoms with Crippen molar-refractivity contribution in [2.24, 2.45) is 5.73 Å². The van der Waals surface area contributed by atoms with Gasteiger partial charge in [0.25, 0.3) is 0 Å². The molecule has 1 aromatic heterocycles. The summed E-state index contributed by atoms with van der Waals surface area (Å²) in [6.45, 7) is 2.69. The molecule has 6 heteroatoms. The summed E-state index contributed by atoms with van der Waals surface area (Å²) in [6.07, 6.45) is 0. The van der Waals surface area contributed by atoms with Gasteiger partial charge in [-0.25, -0.2) is 4.98 Å². The number of nitrogens with zero attached hydrogens (tertiary/aromatic N) is 2. The second kappa shape index (κ2) is 5.24. The molecule has 0 radical (unpaired) electrons. The number of ether oxygens (including phenoxy) is 1. The minimum absolute atomic E-state index is 0.346. The molecule has 0 saturated carbocycles. The van der Waals surface area contributed by atoms with Crippen LogP contribution in [0.15, 0.2) is 24.3 Å². The van der Waals surface area contributed by atoms with Gasteiger partial charge in [-0.3, -0.25) is 9.69 Å². The molecular weight excluding hydrogens is 262 g/mol. The zero-order valence-electron chi connectivity index (χ0n) is 10.4. The predicted octanol–water partition coefficient (Wildman–Crippen LogP) is 1.15. The maximum Gasteiger partial charge on any atom is 0.241 e. The van der Waals surface area contributed by atoms with Crippen molar-refractivity contribution in [2.45, 2.75) is 6.04 Å². The number of primary amides is 1. The third kappa shape index (κ3) is 2.47. The molecule has 100 valence electrons. The maximum absolute atomic E-state index is 11.8. The number of carbonyl (C=O) groups excluding carboxylic acids is 1. The molecule has 19 heavy (non-hydrogen) atoms. The lowest BCUT2D eigenvalue weighted by atomic mass is 10.2. The third-order valence-electron chi connectivity index (χ3n) is 3.22. The van der Waals surface area contributed by atoms with E-state index in [1.54, 1.807) is 0 Å². The summed E-state index contributed by atoms with van der Waals surface area (Å²) in [4.78, 5) is 18.4. The van der Waals surface area contributed by atoms with Crippen LogP contribution in [-0.2, 0) is 9.53 Å². The molecule has 1 aliphatic rings. The molecule has 0 bridgehead atoms. The molecular formula is C13H15N3O2S. The van der Waals surface area contributed by atoms with Crippen LogP contribution in [-0.4, -0.2) is 42.1 Å². The fraction of sp³-hybridized carbons (Fsp3) is 0.385. The molecule has 1 amide bonds. The Hall–Kier alpha value is -1.50. The van der Waals surface area contributed by atoms with Crippen LogP contribution < -0.4 is 5.73 Å². The summed E-state index contributed by atoms with van der Waals surface area (Å²) in [6, 6.07) is 7.43. The standard InChI is InChI=1S/C13H15N3O2S/c14-12(17)11(16-5-7-18-8-6-16)13-15-9-3-1-2-4-10(9)19-13/h1-4,11H,5-8H2,(H2,14,17). The predicted molar refractivity (Wildman–Crippen MR) is 73.9 cm³/mol. The Balaban J connectivity index is 1.96. The molecule has 2 aromatic rings. The molecule has 1 unspecified atom stereocenters. The molecule has 5 nitrogen and oxygen atoms in total. The van der Waals surface area contributed by atoms with Crippen LogP contribution >= 0.6 is 11.3 Å². The molecule has 1 saturated heterocycles. The molecule has 1 aromatic carbocycles. The number of hydrogen-bond donors (Lipinski definition) is 1. The average Bonchev–Trinajstić information content (AvgIpc) is 2.82. The SMILES string of the molecule is NC(=O)C(c1nc2ccccc2s1)N1CCOCC1. The first kappa shape index (κ1) is 12.5. The fourth-order valence-electron chi connectivity index (χ4n) is 2.30. The summed E-state index contributed by atoms with van der Waals surface area (Å²) in [5, 5.41) is 0.774. The molecule has 1 atom stereocenters. The maximum atomic E-state index is 11.8. The zero-order valence-corrected chi connectivity index (χ0v) is 11.2. The number of fused-ring (bicyclic) bond motifs is 1. The number of aromatic nitrogens is 1. The van der Waals surface area contributed by atoms with Crippen molar-refractivity contribution in [3.05, 3.63) is 29.3 Å². The first-order valence-electron chi connectivity index (χ1n) is 6.22. The number of para-hydroxylation sites is 1. The summed E-state index contributed by atoms with van der Waals surface area (Å²) < 4.78 is 6.39. The number of morpholine rings is 1. The van der Waals surface area contributed by atoms with Gasteiger partial charge in [0.1, 0.15) is 11.0 Å². The van der Waals surface area contributed by atoms with E-state index >= 15 is 0 Å². The van der Waals surface area contributed by atoms with Crippen molar-refractivity contribution in [2.75, 3.05) is 26.3 Å². The lowest BCUT2D eigenvalue weighted by molar-refractivity contribution is -0.125. The summed E-state index contributed by atoms with van der Waals surface area (Å²) in [5.41, 5.74) is 6.49. The molecule has 3 rings (SSSR count). The third-order valence-corrected chi connectivity index (χ3v) is 4.31. The van der Waals surface area contributed by atoms with Gasteiger partial charge in [-0.15, -0.1) is 11.3 Å². The highest BCUT2D eigenvalue weighted by atomic mass is 32.1. The van der Waals surface area contributed by atoms with E-state index in [0.29, 0.717) is 26.3 Å². The highest BCUT2D eigenvalue weighted by molar-refractivity contribution is 7.18. The van der Waals surface area contributed by atoms with E-state index in [1.165, 1.54) is 11.3 Å². The zero-order chi connectivity index (χ0) is 13.2. The molecule has 1 aliphatic heterocycles. The molecule has 2 heterocycles. The van der Waals surface area contributed by atoms with Crippen molar-refractivity contribution >= 4 is 27.5 Å². The first-order chi connectivity index (χ1) is 9.25. The van der Waals surface area contributed by atoms with Crippen LogP contribution in [0.4, 0.5) is 0 Å². The Morgan fingerprint density at radius 1 is 1.37 bits per heavy atom. The van der Waals surface area contributed by atoms with Crippen LogP contribution in [0, 0.1) is 0 Å². The number of thiazole rings is 1. The number of carbonyl (C=O) groups is 1. The first-order valence-corrected chi connectivity index (χ1v) is 7.04. The van der Waals surface area contributed by atoms with Crippen LogP contribution in [0.3, 0.4) is 0 Å². The van der Waals surface area contributed by atoms with E-state index in [9.17, 15) is 4.79 Å². The Bertz CT molecular complexity index is 559. The van der Waals surface area contributed by atoms with E-state index in [-0.39, 0.29) is 5.91 Å². The van der Waals surface area contributed by atoms with Crippen molar-refractivity contribution in [3.8, 4) is 0 Å². The summed E-state index contributed by atoms with van der Waals surface area (Å²) >= 11 is 1.53. The molecule has 2 N–H and O–H groups in total. The summed E-state index contributed by atoms with van der Waals surface area (Å²) in [5.74, 6) is -0.346. The van der Waals surface area contributed by atoms with Crippen molar-refractivity contribution in [1.82, 2.24) is 9.88 Å². The largest absolute Gasteiger partial charge is 0.379 e. The lowest BCUT2D eigenvalue weighted by Gasteiger charge is -2.31. The minimum Gasteiger partial charge on any atom is -0.379 e. The van der Waals surface area contributed by atoms with Gasteiger partial charge in [-0.05, 0) is 12.1 Å². The quantitative estimate of drug-likeness (QED) is 0.914. The van der Waals surface area contributed by atoms with E-state index in [2.05, 4.69) is 4.98 Å². The van der Waals surface area contributed by atoms with Gasteiger partial charge in [0.2, 0.25) is 5.91 Å². The topological polar surface area (TPSA) is 68.5 Å². The van der Waals surface area contributed by atoms with Crippen molar-refractivity contribution in [3.63, 3.8) is 0 Å². The van der Waals surface area contributed by atoms with Gasteiger partial charge in [-0.1, -0.05) is 12.1 Å². The highest BCUT2D eigenvalue weighted by Crippen LogP contribution is 2.29. The second-order valence-corrected chi connectivity index (χ2v) is 5.54. The monoisotopic (exact) mass is 277 g/mol. The number of nitrogens with two attached hydrogens (primary N) is 1. The normalized spacial score (nSPS) is 18.5. The average molecular weight is 277 g/mol. The van der Waals surface area contributed by atoms with Crippen LogP contribution in [0.1, 0.15) is 11.0 Å². The summed E-state index contributed by atoms with van der Waals surface area (Å²) in [7, 11) is 0. The van der Waals surface area contributed by atoms with Crippen LogP contribution in [0.25, 0.3) is 10.2 Å². The van der Waals surface area contributed by atoms with Gasteiger partial charge >= 0.3 is 0 Å². The van der Waals surface area contributed by atoms with Crippen molar-refractivity contribution < 1.29 is 9.53 Å². The van der Waals surface area contributed by atoms with Gasteiger partial charge in [0, 0.05) is 13.1 Å². The van der Waals surface area contributed by atoms with E-state index in [4.69, 9.17) is 10.5 Å². The minimum atomic E-state index is -0.443. The van der Waals surface area contributed by atoms with E-state index in [1.807, 2.05) is 29.2 Å². The van der Waals surface area contributed by atoms with Crippen LogP contribution in [0.2, 0.25) is 0 Å². The Labute approximate surface area is 115 Å². The highest BCUT2D eigenvalue weighted by Gasteiger charge is 2.29. The van der Waals surface area contributed by atoms with Gasteiger partial charge in [0.05, 0.1) is 23.4 Å². The smallest absolute Gasteiger partial charge is 0.241 e. The fourth-order valence-corrected chi connectivity index (χ4v) is 3.41. The van der Waals surface area contributed by atoms with E-state index in [0.717, 1.165) is 15.2 Å². The van der Waals surface area contributed by atoms with Crippen molar-refractivity contribution in [1.29, 1.82) is 0 Å². The Morgan fingerprint density at radius 3 is 2.79 bits per heavy atom. The number of amides is 1. The van der Waals surface area contributed by atoms with Crippen LogP contribution in [0.5, 0.6) is 0 Å². The molecule has 1 fully saturated rings.